The molecule has 0 amide bonds. The van der Waals surface area contributed by atoms with E-state index in [0.717, 1.165) is 15.5 Å². The Bertz CT molecular complexity index is 442. The van der Waals surface area contributed by atoms with Gasteiger partial charge in [-0.3, -0.25) is 9.35 Å². The molecule has 2 unspecified atom stereocenters. The van der Waals surface area contributed by atoms with E-state index in [1.807, 2.05) is 13.0 Å². The molecule has 0 aromatic carbocycles. The summed E-state index contributed by atoms with van der Waals surface area (Å²) in [6.45, 7) is 2.40. The Morgan fingerprint density at radius 2 is 2.35 bits per heavy atom. The first-order valence-corrected chi connectivity index (χ1v) is 6.18. The fourth-order valence-corrected chi connectivity index (χ4v) is 2.58. The van der Waals surface area contributed by atoms with Gasteiger partial charge in [-0.25, -0.2) is 4.21 Å². The smallest absolute Gasteiger partial charge is 0.322 e. The van der Waals surface area contributed by atoms with Gasteiger partial charge in [0.1, 0.15) is 18.4 Å². The first-order valence-electron chi connectivity index (χ1n) is 5.11. The zero-order valence-corrected chi connectivity index (χ0v) is 10.1. The number of carboxylic acids is 1. The first-order chi connectivity index (χ1) is 7.99. The summed E-state index contributed by atoms with van der Waals surface area (Å²) in [5.41, 5.74) is 1.83. The first kappa shape index (κ1) is 12.3. The van der Waals surface area contributed by atoms with Gasteiger partial charge in [0.25, 0.3) is 0 Å². The van der Waals surface area contributed by atoms with Crippen LogP contribution < -0.4 is 0 Å². The number of carbonyl (C=O) groups is 1. The fourth-order valence-electron chi connectivity index (χ4n) is 1.97. The van der Waals surface area contributed by atoms with Gasteiger partial charge in [-0.1, -0.05) is 6.08 Å². The van der Waals surface area contributed by atoms with Gasteiger partial charge in [-0.05, 0) is 18.1 Å². The summed E-state index contributed by atoms with van der Waals surface area (Å²) in [6, 6.07) is -0.981. The number of rotatable bonds is 2. The van der Waals surface area contributed by atoms with E-state index < -0.39 is 23.3 Å². The molecule has 2 atom stereocenters. The van der Waals surface area contributed by atoms with Crippen LogP contribution in [0.3, 0.4) is 0 Å². The standard InChI is InChI=1S/C10H13NO5S/c1-6-2-7-3-8(10(12)13)11(17(14)15)4-9(7)16-5-6/h2,8H,3-5H2,1H3,(H,12,13)(H,14,15). The van der Waals surface area contributed by atoms with Crippen molar-refractivity contribution in [2.24, 2.45) is 0 Å². The van der Waals surface area contributed by atoms with Gasteiger partial charge in [-0.15, -0.1) is 0 Å². The number of carboxylic acid groups (broad SMARTS) is 1. The lowest BCUT2D eigenvalue weighted by molar-refractivity contribution is -0.141. The Balaban J connectivity index is 2.31. The van der Waals surface area contributed by atoms with Crippen LogP contribution in [0.2, 0.25) is 0 Å². The molecule has 0 saturated heterocycles. The number of aliphatic carboxylic acids is 1. The molecular formula is C10H13NO5S. The van der Waals surface area contributed by atoms with Crippen LogP contribution in [-0.2, 0) is 20.8 Å². The molecule has 7 heteroatoms. The maximum Gasteiger partial charge on any atom is 0.322 e. The number of nitrogens with zero attached hydrogens (tertiary/aromatic N) is 1. The number of allylic oxidation sites excluding steroid dienone is 1. The van der Waals surface area contributed by atoms with E-state index >= 15 is 0 Å². The molecule has 6 nitrogen and oxygen atoms in total. The van der Waals surface area contributed by atoms with E-state index in [0.29, 0.717) is 12.4 Å². The van der Waals surface area contributed by atoms with Crippen molar-refractivity contribution < 1.29 is 23.4 Å². The van der Waals surface area contributed by atoms with E-state index in [2.05, 4.69) is 0 Å². The van der Waals surface area contributed by atoms with Crippen LogP contribution in [0, 0.1) is 0 Å². The van der Waals surface area contributed by atoms with Crippen LogP contribution in [0.1, 0.15) is 13.3 Å². The van der Waals surface area contributed by atoms with Gasteiger partial charge in [0, 0.05) is 6.42 Å². The second-order valence-electron chi connectivity index (χ2n) is 4.09. The summed E-state index contributed by atoms with van der Waals surface area (Å²) in [7, 11) is 0. The second kappa shape index (κ2) is 4.59. The van der Waals surface area contributed by atoms with Crippen LogP contribution in [0.5, 0.6) is 0 Å². The zero-order valence-electron chi connectivity index (χ0n) is 9.25. The van der Waals surface area contributed by atoms with E-state index in [1.54, 1.807) is 0 Å². The van der Waals surface area contributed by atoms with Crippen molar-refractivity contribution in [1.82, 2.24) is 4.31 Å². The third-order valence-corrected chi connectivity index (χ3v) is 3.58. The van der Waals surface area contributed by atoms with Crippen LogP contribution in [-0.4, -0.2) is 43.3 Å². The highest BCUT2D eigenvalue weighted by molar-refractivity contribution is 7.76. The lowest BCUT2D eigenvalue weighted by Gasteiger charge is -2.33. The van der Waals surface area contributed by atoms with Gasteiger partial charge in [0.2, 0.25) is 11.3 Å². The summed E-state index contributed by atoms with van der Waals surface area (Å²) >= 11 is -2.31. The van der Waals surface area contributed by atoms with Crippen molar-refractivity contribution in [3.05, 3.63) is 23.0 Å². The largest absolute Gasteiger partial charge is 0.492 e. The summed E-state index contributed by atoms with van der Waals surface area (Å²) < 4.78 is 26.6. The maximum absolute atomic E-state index is 11.1. The molecule has 0 fully saturated rings. The molecule has 0 aromatic rings. The third kappa shape index (κ3) is 2.41. The van der Waals surface area contributed by atoms with Crippen molar-refractivity contribution >= 4 is 17.2 Å². The summed E-state index contributed by atoms with van der Waals surface area (Å²) in [5, 5.41) is 9.04. The molecular weight excluding hydrogens is 246 g/mol. The SMILES string of the molecule is CC1=CC2=C(CN(S(=O)O)C(C(=O)O)C2)OC1. The highest BCUT2D eigenvalue weighted by Gasteiger charge is 2.37. The van der Waals surface area contributed by atoms with Crippen LogP contribution in [0.25, 0.3) is 0 Å². The van der Waals surface area contributed by atoms with Gasteiger partial charge in [-0.2, -0.15) is 4.31 Å². The second-order valence-corrected chi connectivity index (χ2v) is 5.02. The van der Waals surface area contributed by atoms with Gasteiger partial charge in [0.05, 0.1) is 6.54 Å². The van der Waals surface area contributed by atoms with Crippen LogP contribution >= 0.6 is 0 Å². The van der Waals surface area contributed by atoms with E-state index in [-0.39, 0.29) is 13.0 Å². The predicted octanol–water partition coefficient (Wildman–Crippen LogP) is 0.513. The fraction of sp³-hybridized carbons (Fsp3) is 0.500. The Labute approximate surface area is 101 Å². The van der Waals surface area contributed by atoms with Crippen molar-refractivity contribution in [3.8, 4) is 0 Å². The van der Waals surface area contributed by atoms with E-state index in [9.17, 15) is 9.00 Å². The monoisotopic (exact) mass is 259 g/mol. The molecule has 0 bridgehead atoms. The molecule has 0 aromatic heterocycles. The van der Waals surface area contributed by atoms with Gasteiger partial charge < -0.3 is 9.84 Å². The molecule has 2 aliphatic rings. The van der Waals surface area contributed by atoms with Crippen molar-refractivity contribution in [2.45, 2.75) is 19.4 Å². The van der Waals surface area contributed by atoms with Crippen molar-refractivity contribution in [1.29, 1.82) is 0 Å². The van der Waals surface area contributed by atoms with Crippen LogP contribution in [0.15, 0.2) is 23.0 Å². The minimum absolute atomic E-state index is 0.0548. The van der Waals surface area contributed by atoms with E-state index in [4.69, 9.17) is 14.4 Å². The maximum atomic E-state index is 11.1. The normalized spacial score (nSPS) is 26.9. The van der Waals surface area contributed by atoms with Crippen molar-refractivity contribution in [2.75, 3.05) is 13.2 Å². The zero-order chi connectivity index (χ0) is 12.6. The molecule has 0 radical (unpaired) electrons. The lowest BCUT2D eigenvalue weighted by atomic mass is 9.97. The minimum atomic E-state index is -2.31. The van der Waals surface area contributed by atoms with Crippen molar-refractivity contribution in [3.63, 3.8) is 0 Å². The predicted molar refractivity (Wildman–Crippen MR) is 60.3 cm³/mol. The molecule has 94 valence electrons. The Kier molecular flexibility index (Phi) is 3.32. The summed E-state index contributed by atoms with van der Waals surface area (Å²) in [6.07, 6.45) is 2.08. The van der Waals surface area contributed by atoms with Crippen LogP contribution in [0.4, 0.5) is 0 Å². The molecule has 0 saturated carbocycles. The number of hydrogen-bond acceptors (Lipinski definition) is 3. The minimum Gasteiger partial charge on any atom is -0.492 e. The Morgan fingerprint density at radius 3 is 2.94 bits per heavy atom. The molecule has 0 spiro atoms. The molecule has 2 N–H and O–H groups in total. The molecule has 2 aliphatic heterocycles. The average molecular weight is 259 g/mol. The number of ether oxygens (including phenoxy) is 1. The molecule has 2 rings (SSSR count). The Morgan fingerprint density at radius 1 is 1.65 bits per heavy atom. The summed E-state index contributed by atoms with van der Waals surface area (Å²) in [5.74, 6) is -0.508. The molecule has 2 heterocycles. The highest BCUT2D eigenvalue weighted by Crippen LogP contribution is 2.29. The number of hydrogen-bond donors (Lipinski definition) is 2. The quantitative estimate of drug-likeness (QED) is 0.706. The average Bonchev–Trinajstić information content (AvgIpc) is 2.26. The third-order valence-electron chi connectivity index (χ3n) is 2.80. The Hall–Kier alpha value is -1.18. The lowest BCUT2D eigenvalue weighted by Crippen LogP contribution is -2.46. The van der Waals surface area contributed by atoms with Gasteiger partial charge in [0.15, 0.2) is 0 Å². The topological polar surface area (TPSA) is 87.1 Å². The summed E-state index contributed by atoms with van der Waals surface area (Å²) in [4.78, 5) is 11.1. The molecule has 17 heavy (non-hydrogen) atoms. The van der Waals surface area contributed by atoms with E-state index in [1.165, 1.54) is 0 Å². The highest BCUT2D eigenvalue weighted by atomic mass is 32.2. The van der Waals surface area contributed by atoms with Gasteiger partial charge >= 0.3 is 5.97 Å². The molecule has 0 aliphatic carbocycles.